The molecule has 0 spiro atoms. The molecule has 0 unspecified atom stereocenters. The zero-order chi connectivity index (χ0) is 8.93. The predicted molar refractivity (Wildman–Crippen MR) is 50.0 cm³/mol. The Morgan fingerprint density at radius 3 is 2.54 bits per heavy atom. The van der Waals surface area contributed by atoms with Crippen molar-refractivity contribution in [1.82, 2.24) is 0 Å². The summed E-state index contributed by atoms with van der Waals surface area (Å²) in [6, 6.07) is 10.1. The zero-order valence-electron chi connectivity index (χ0n) is 7.61. The van der Waals surface area contributed by atoms with E-state index in [1.54, 1.807) is 0 Å². The summed E-state index contributed by atoms with van der Waals surface area (Å²) in [7, 11) is 0. The van der Waals surface area contributed by atoms with Gasteiger partial charge in [0.05, 0.1) is 6.10 Å². The second kappa shape index (κ2) is 4.40. The highest BCUT2D eigenvalue weighted by Gasteiger charge is 2.18. The van der Waals surface area contributed by atoms with E-state index >= 15 is 0 Å². The van der Waals surface area contributed by atoms with E-state index in [4.69, 9.17) is 9.78 Å². The predicted octanol–water partition coefficient (Wildman–Crippen LogP) is 2.69. The van der Waals surface area contributed by atoms with Gasteiger partial charge in [-0.25, -0.2) is 9.78 Å². The Morgan fingerprint density at radius 1 is 1.15 bits per heavy atom. The summed E-state index contributed by atoms with van der Waals surface area (Å²) in [5, 5.41) is 0. The molecule has 0 aromatic heterocycles. The molecule has 2 nitrogen and oxygen atoms in total. The molecule has 1 aromatic rings. The summed E-state index contributed by atoms with van der Waals surface area (Å²) < 4.78 is 0. The Kier molecular flexibility index (Phi) is 2.95. The topological polar surface area (TPSA) is 18.5 Å². The first kappa shape index (κ1) is 8.73. The van der Waals surface area contributed by atoms with E-state index in [0.29, 0.717) is 12.7 Å². The van der Waals surface area contributed by atoms with Gasteiger partial charge in [-0.15, -0.1) is 0 Å². The second-order valence-corrected chi connectivity index (χ2v) is 3.40. The molecule has 0 heterocycles. The van der Waals surface area contributed by atoms with Crippen LogP contribution in [0.4, 0.5) is 0 Å². The van der Waals surface area contributed by atoms with Gasteiger partial charge < -0.3 is 0 Å². The molecule has 0 atom stereocenters. The highest BCUT2D eigenvalue weighted by atomic mass is 17.2. The van der Waals surface area contributed by atoms with Crippen LogP contribution < -0.4 is 0 Å². The third-order valence-electron chi connectivity index (χ3n) is 2.32. The standard InChI is InChI=1S/C11H14O2/c1-2-5-10(6-3-1)9-12-13-11-7-4-8-11/h1-3,5-6,11H,4,7-9H2. The Morgan fingerprint density at radius 2 is 1.92 bits per heavy atom. The Labute approximate surface area is 78.4 Å². The van der Waals surface area contributed by atoms with Crippen LogP contribution >= 0.6 is 0 Å². The molecule has 2 heteroatoms. The van der Waals surface area contributed by atoms with Crippen molar-refractivity contribution in [2.24, 2.45) is 0 Å². The van der Waals surface area contributed by atoms with Crippen molar-refractivity contribution >= 4 is 0 Å². The van der Waals surface area contributed by atoms with E-state index in [-0.39, 0.29) is 0 Å². The molecule has 0 amide bonds. The highest BCUT2D eigenvalue weighted by Crippen LogP contribution is 2.22. The zero-order valence-corrected chi connectivity index (χ0v) is 7.61. The minimum absolute atomic E-state index is 0.351. The molecule has 0 aliphatic heterocycles. The monoisotopic (exact) mass is 178 g/mol. The molecule has 1 saturated carbocycles. The lowest BCUT2D eigenvalue weighted by atomic mass is 9.97. The van der Waals surface area contributed by atoms with Crippen molar-refractivity contribution in [2.75, 3.05) is 0 Å². The van der Waals surface area contributed by atoms with Crippen LogP contribution in [0.2, 0.25) is 0 Å². The fourth-order valence-electron chi connectivity index (χ4n) is 1.24. The summed E-state index contributed by atoms with van der Waals surface area (Å²) >= 11 is 0. The van der Waals surface area contributed by atoms with Crippen LogP contribution in [-0.2, 0) is 16.4 Å². The third-order valence-corrected chi connectivity index (χ3v) is 2.32. The molecule has 1 aromatic carbocycles. The van der Waals surface area contributed by atoms with Gasteiger partial charge in [-0.3, -0.25) is 0 Å². The van der Waals surface area contributed by atoms with E-state index in [1.807, 2.05) is 30.3 Å². The Bertz CT molecular complexity index is 242. The molecule has 1 aliphatic carbocycles. The van der Waals surface area contributed by atoms with Crippen molar-refractivity contribution in [1.29, 1.82) is 0 Å². The summed E-state index contributed by atoms with van der Waals surface area (Å²) in [6.07, 6.45) is 3.92. The fourth-order valence-corrected chi connectivity index (χ4v) is 1.24. The molecule has 0 radical (unpaired) electrons. The largest absolute Gasteiger partial charge is 0.233 e. The number of hydrogen-bond acceptors (Lipinski definition) is 2. The van der Waals surface area contributed by atoms with Crippen LogP contribution in [0, 0.1) is 0 Å². The maximum atomic E-state index is 5.18. The molecule has 1 aliphatic rings. The SMILES string of the molecule is c1ccc(COOC2CCC2)cc1. The van der Waals surface area contributed by atoms with Gasteiger partial charge in [0, 0.05) is 0 Å². The summed E-state index contributed by atoms with van der Waals surface area (Å²) in [4.78, 5) is 10.3. The minimum atomic E-state index is 0.351. The Hall–Kier alpha value is -0.860. The molecular formula is C11H14O2. The van der Waals surface area contributed by atoms with Crippen molar-refractivity contribution in [3.63, 3.8) is 0 Å². The van der Waals surface area contributed by atoms with Crippen LogP contribution in [0.15, 0.2) is 30.3 Å². The minimum Gasteiger partial charge on any atom is -0.233 e. The van der Waals surface area contributed by atoms with Gasteiger partial charge in [-0.05, 0) is 24.8 Å². The van der Waals surface area contributed by atoms with Gasteiger partial charge in [0.25, 0.3) is 0 Å². The molecule has 13 heavy (non-hydrogen) atoms. The molecule has 0 saturated heterocycles. The van der Waals surface area contributed by atoms with Gasteiger partial charge in [0.2, 0.25) is 0 Å². The van der Waals surface area contributed by atoms with E-state index in [2.05, 4.69) is 0 Å². The van der Waals surface area contributed by atoms with Crippen molar-refractivity contribution < 1.29 is 9.78 Å². The summed E-state index contributed by atoms with van der Waals surface area (Å²) in [5.74, 6) is 0. The molecule has 0 N–H and O–H groups in total. The van der Waals surface area contributed by atoms with Gasteiger partial charge in [-0.2, -0.15) is 0 Å². The lowest BCUT2D eigenvalue weighted by Gasteiger charge is -2.23. The van der Waals surface area contributed by atoms with Crippen LogP contribution in [0.3, 0.4) is 0 Å². The van der Waals surface area contributed by atoms with E-state index in [0.717, 1.165) is 18.4 Å². The summed E-state index contributed by atoms with van der Waals surface area (Å²) in [6.45, 7) is 0.553. The van der Waals surface area contributed by atoms with Gasteiger partial charge >= 0.3 is 0 Å². The molecule has 1 fully saturated rings. The third kappa shape index (κ3) is 2.54. The van der Waals surface area contributed by atoms with E-state index in [9.17, 15) is 0 Å². The van der Waals surface area contributed by atoms with Gasteiger partial charge in [0.1, 0.15) is 6.61 Å². The quantitative estimate of drug-likeness (QED) is 0.521. The lowest BCUT2D eigenvalue weighted by Crippen LogP contribution is -2.21. The fraction of sp³-hybridized carbons (Fsp3) is 0.455. The number of rotatable bonds is 4. The maximum absolute atomic E-state index is 5.18. The second-order valence-electron chi connectivity index (χ2n) is 3.40. The van der Waals surface area contributed by atoms with E-state index < -0.39 is 0 Å². The van der Waals surface area contributed by atoms with Crippen LogP contribution in [-0.4, -0.2) is 6.10 Å². The summed E-state index contributed by atoms with van der Waals surface area (Å²) in [5.41, 5.74) is 1.15. The van der Waals surface area contributed by atoms with Gasteiger partial charge in [-0.1, -0.05) is 30.3 Å². The number of hydrogen-bond donors (Lipinski definition) is 0. The lowest BCUT2D eigenvalue weighted by molar-refractivity contribution is -0.345. The van der Waals surface area contributed by atoms with Crippen molar-refractivity contribution in [2.45, 2.75) is 32.0 Å². The Balaban J connectivity index is 1.67. The first-order chi connectivity index (χ1) is 6.45. The van der Waals surface area contributed by atoms with Crippen molar-refractivity contribution in [3.05, 3.63) is 35.9 Å². The maximum Gasteiger partial charge on any atom is 0.107 e. The normalized spacial score (nSPS) is 16.9. The smallest absolute Gasteiger partial charge is 0.107 e. The van der Waals surface area contributed by atoms with Crippen LogP contribution in [0.25, 0.3) is 0 Å². The average Bonchev–Trinajstić information content (AvgIpc) is 2.11. The van der Waals surface area contributed by atoms with Crippen LogP contribution in [0.1, 0.15) is 24.8 Å². The van der Waals surface area contributed by atoms with Gasteiger partial charge in [0.15, 0.2) is 0 Å². The average molecular weight is 178 g/mol. The first-order valence-electron chi connectivity index (χ1n) is 4.77. The van der Waals surface area contributed by atoms with Crippen molar-refractivity contribution in [3.8, 4) is 0 Å². The molecular weight excluding hydrogens is 164 g/mol. The molecule has 70 valence electrons. The highest BCUT2D eigenvalue weighted by molar-refractivity contribution is 5.13. The molecule has 0 bridgehead atoms. The molecule has 2 rings (SSSR count). The van der Waals surface area contributed by atoms with Crippen LogP contribution in [0.5, 0.6) is 0 Å². The first-order valence-corrected chi connectivity index (χ1v) is 4.77. The van der Waals surface area contributed by atoms with E-state index in [1.165, 1.54) is 6.42 Å². The number of benzene rings is 1.